The lowest BCUT2D eigenvalue weighted by Crippen LogP contribution is -2.42. The first kappa shape index (κ1) is 20.5. The molecular formula is C20H20ClN3O5. The third kappa shape index (κ3) is 3.97. The number of methoxy groups -OCH3 is 2. The monoisotopic (exact) mass is 417 g/mol. The SMILES string of the molecule is COc1ccc(NC(=O)CN2C(=O)N[C@](C)(c3ccc(Cl)cc3)C2=O)cc1OC. The second-order valence-corrected chi connectivity index (χ2v) is 7.01. The number of benzene rings is 2. The van der Waals surface area contributed by atoms with Gasteiger partial charge in [-0.3, -0.25) is 14.5 Å². The Morgan fingerprint density at radius 1 is 1.10 bits per heavy atom. The van der Waals surface area contributed by atoms with Crippen LogP contribution in [-0.4, -0.2) is 43.5 Å². The lowest BCUT2D eigenvalue weighted by atomic mass is 9.92. The van der Waals surface area contributed by atoms with Crippen LogP contribution in [0.1, 0.15) is 12.5 Å². The van der Waals surface area contributed by atoms with Gasteiger partial charge in [0.1, 0.15) is 12.1 Å². The molecule has 2 aromatic carbocycles. The third-order valence-corrected chi connectivity index (χ3v) is 4.92. The number of halogens is 1. The van der Waals surface area contributed by atoms with Crippen molar-refractivity contribution in [1.29, 1.82) is 0 Å². The van der Waals surface area contributed by atoms with Crippen LogP contribution in [0, 0.1) is 0 Å². The number of ether oxygens (including phenoxy) is 2. The fourth-order valence-electron chi connectivity index (χ4n) is 3.08. The summed E-state index contributed by atoms with van der Waals surface area (Å²) in [7, 11) is 2.99. The highest BCUT2D eigenvalue weighted by Crippen LogP contribution is 2.31. The maximum absolute atomic E-state index is 12.9. The maximum Gasteiger partial charge on any atom is 0.325 e. The summed E-state index contributed by atoms with van der Waals surface area (Å²) in [6.45, 7) is 1.16. The van der Waals surface area contributed by atoms with Gasteiger partial charge in [0.15, 0.2) is 11.5 Å². The van der Waals surface area contributed by atoms with Gasteiger partial charge in [0.05, 0.1) is 14.2 Å². The molecule has 2 aromatic rings. The van der Waals surface area contributed by atoms with Gasteiger partial charge in [-0.1, -0.05) is 23.7 Å². The second-order valence-electron chi connectivity index (χ2n) is 6.57. The molecule has 1 atom stereocenters. The molecule has 0 bridgehead atoms. The predicted octanol–water partition coefficient (Wildman–Crippen LogP) is 2.76. The van der Waals surface area contributed by atoms with Gasteiger partial charge >= 0.3 is 6.03 Å². The number of anilines is 1. The van der Waals surface area contributed by atoms with Gasteiger partial charge in [-0.15, -0.1) is 0 Å². The Morgan fingerprint density at radius 2 is 1.76 bits per heavy atom. The number of hydrogen-bond acceptors (Lipinski definition) is 5. The van der Waals surface area contributed by atoms with Crippen LogP contribution in [0.5, 0.6) is 11.5 Å². The summed E-state index contributed by atoms with van der Waals surface area (Å²) >= 11 is 5.89. The van der Waals surface area contributed by atoms with E-state index in [1.165, 1.54) is 14.2 Å². The Balaban J connectivity index is 1.73. The molecule has 29 heavy (non-hydrogen) atoms. The fourth-order valence-corrected chi connectivity index (χ4v) is 3.20. The van der Waals surface area contributed by atoms with Gasteiger partial charge in [-0.2, -0.15) is 0 Å². The molecule has 0 aromatic heterocycles. The minimum Gasteiger partial charge on any atom is -0.493 e. The Hall–Kier alpha value is -3.26. The van der Waals surface area contributed by atoms with Crippen molar-refractivity contribution in [2.24, 2.45) is 0 Å². The lowest BCUT2D eigenvalue weighted by Gasteiger charge is -2.22. The van der Waals surface area contributed by atoms with Crippen molar-refractivity contribution in [3.63, 3.8) is 0 Å². The summed E-state index contributed by atoms with van der Waals surface area (Å²) in [6.07, 6.45) is 0. The number of imide groups is 1. The molecule has 0 radical (unpaired) electrons. The molecule has 3 rings (SSSR count). The number of rotatable bonds is 6. The Labute approximate surface area is 172 Å². The van der Waals surface area contributed by atoms with Crippen LogP contribution in [-0.2, 0) is 15.1 Å². The van der Waals surface area contributed by atoms with E-state index in [4.69, 9.17) is 21.1 Å². The number of carbonyl (C=O) groups excluding carboxylic acids is 3. The number of amides is 4. The quantitative estimate of drug-likeness (QED) is 0.704. The molecule has 0 saturated carbocycles. The number of urea groups is 1. The molecule has 1 aliphatic rings. The molecule has 0 spiro atoms. The molecular weight excluding hydrogens is 398 g/mol. The third-order valence-electron chi connectivity index (χ3n) is 4.67. The van der Waals surface area contributed by atoms with Crippen LogP contribution >= 0.6 is 11.6 Å². The summed E-state index contributed by atoms with van der Waals surface area (Å²) in [5, 5.41) is 5.81. The largest absolute Gasteiger partial charge is 0.493 e. The van der Waals surface area contributed by atoms with Crippen LogP contribution in [0.25, 0.3) is 0 Å². The van der Waals surface area contributed by atoms with Gasteiger partial charge < -0.3 is 20.1 Å². The fraction of sp³-hybridized carbons (Fsp3) is 0.250. The molecule has 1 aliphatic heterocycles. The zero-order valence-corrected chi connectivity index (χ0v) is 16.9. The first-order chi connectivity index (χ1) is 13.8. The van der Waals surface area contributed by atoms with Crippen LogP contribution in [0.4, 0.5) is 10.5 Å². The van der Waals surface area contributed by atoms with Crippen molar-refractivity contribution < 1.29 is 23.9 Å². The van der Waals surface area contributed by atoms with Crippen LogP contribution < -0.4 is 20.1 Å². The standard InChI is InChI=1S/C20H20ClN3O5/c1-20(12-4-6-13(21)7-5-12)18(26)24(19(27)23-20)11-17(25)22-14-8-9-15(28-2)16(10-14)29-3/h4-10H,11H2,1-3H3,(H,22,25)(H,23,27)/t20-/m1/s1. The second kappa shape index (κ2) is 8.00. The highest BCUT2D eigenvalue weighted by Gasteiger charge is 2.49. The van der Waals surface area contributed by atoms with E-state index in [1.807, 2.05) is 0 Å². The minimum absolute atomic E-state index is 0.428. The van der Waals surface area contributed by atoms with E-state index in [0.717, 1.165) is 4.90 Å². The highest BCUT2D eigenvalue weighted by atomic mass is 35.5. The average Bonchev–Trinajstić information content (AvgIpc) is 2.92. The average molecular weight is 418 g/mol. The molecule has 9 heteroatoms. The zero-order chi connectivity index (χ0) is 21.2. The van der Waals surface area contributed by atoms with Gasteiger partial charge in [0, 0.05) is 16.8 Å². The van der Waals surface area contributed by atoms with Crippen molar-refractivity contribution in [2.75, 3.05) is 26.1 Å². The molecule has 1 saturated heterocycles. The van der Waals surface area contributed by atoms with E-state index in [2.05, 4.69) is 10.6 Å². The molecule has 0 unspecified atom stereocenters. The number of nitrogens with one attached hydrogen (secondary N) is 2. The summed E-state index contributed by atoms with van der Waals surface area (Å²) in [4.78, 5) is 38.6. The minimum atomic E-state index is -1.27. The topological polar surface area (TPSA) is 97.0 Å². The Bertz CT molecular complexity index is 963. The molecule has 1 heterocycles. The number of nitrogens with zero attached hydrogens (tertiary/aromatic N) is 1. The predicted molar refractivity (Wildman–Crippen MR) is 107 cm³/mol. The smallest absolute Gasteiger partial charge is 0.325 e. The van der Waals surface area contributed by atoms with Gasteiger partial charge in [-0.05, 0) is 36.8 Å². The van der Waals surface area contributed by atoms with Crippen LogP contribution in [0.2, 0.25) is 5.02 Å². The summed E-state index contributed by atoms with van der Waals surface area (Å²) in [6, 6.07) is 10.8. The molecule has 1 fully saturated rings. The van der Waals surface area contributed by atoms with E-state index < -0.39 is 29.9 Å². The Kier molecular flexibility index (Phi) is 5.65. The molecule has 152 valence electrons. The van der Waals surface area contributed by atoms with Gasteiger partial charge in [-0.25, -0.2) is 4.79 Å². The highest BCUT2D eigenvalue weighted by molar-refractivity contribution is 6.30. The van der Waals surface area contributed by atoms with Gasteiger partial charge in [0.25, 0.3) is 5.91 Å². The van der Waals surface area contributed by atoms with Crippen molar-refractivity contribution in [3.8, 4) is 11.5 Å². The van der Waals surface area contributed by atoms with E-state index in [-0.39, 0.29) is 0 Å². The zero-order valence-electron chi connectivity index (χ0n) is 16.1. The van der Waals surface area contributed by atoms with Crippen molar-refractivity contribution in [3.05, 3.63) is 53.1 Å². The van der Waals surface area contributed by atoms with Crippen molar-refractivity contribution >= 4 is 35.1 Å². The van der Waals surface area contributed by atoms with E-state index in [9.17, 15) is 14.4 Å². The number of hydrogen-bond donors (Lipinski definition) is 2. The lowest BCUT2D eigenvalue weighted by molar-refractivity contribution is -0.133. The maximum atomic E-state index is 12.9. The summed E-state index contributed by atoms with van der Waals surface area (Å²) in [5.74, 6) is -0.0951. The van der Waals surface area contributed by atoms with E-state index >= 15 is 0 Å². The van der Waals surface area contributed by atoms with Crippen LogP contribution in [0.3, 0.4) is 0 Å². The van der Waals surface area contributed by atoms with Crippen molar-refractivity contribution in [2.45, 2.75) is 12.5 Å². The normalized spacial score (nSPS) is 18.4. The first-order valence-electron chi connectivity index (χ1n) is 8.70. The first-order valence-corrected chi connectivity index (χ1v) is 9.08. The molecule has 8 nitrogen and oxygen atoms in total. The number of carbonyl (C=O) groups is 3. The van der Waals surface area contributed by atoms with E-state index in [0.29, 0.717) is 27.8 Å². The van der Waals surface area contributed by atoms with E-state index in [1.54, 1.807) is 49.4 Å². The van der Waals surface area contributed by atoms with Crippen molar-refractivity contribution in [1.82, 2.24) is 10.2 Å². The Morgan fingerprint density at radius 3 is 2.38 bits per heavy atom. The van der Waals surface area contributed by atoms with Crippen LogP contribution in [0.15, 0.2) is 42.5 Å². The molecule has 2 N–H and O–H groups in total. The molecule has 0 aliphatic carbocycles. The summed E-state index contributed by atoms with van der Waals surface area (Å²) in [5.41, 5.74) is -0.256. The van der Waals surface area contributed by atoms with Gasteiger partial charge in [0.2, 0.25) is 5.91 Å². The molecule has 4 amide bonds. The summed E-state index contributed by atoms with van der Waals surface area (Å²) < 4.78 is 10.3.